The second-order valence-electron chi connectivity index (χ2n) is 1.44. The number of thiol groups is 2. The predicted octanol–water partition coefficient (Wildman–Crippen LogP) is 3.11. The summed E-state index contributed by atoms with van der Waals surface area (Å²) in [5.41, 5.74) is 0. The smallest absolute Gasteiger partial charge is 0.0972 e. The standard InChI is InChI=1S/C4H2S6/c5-1(3(6)7)2-4(8)10-9-2/h5H,(H,6,7)/b2-1-. The number of hydrogen-bond donors (Lipinski definition) is 2. The van der Waals surface area contributed by atoms with Crippen LogP contribution < -0.4 is 0 Å². The van der Waals surface area contributed by atoms with Crippen LogP contribution in [0.3, 0.4) is 0 Å². The van der Waals surface area contributed by atoms with E-state index in [9.17, 15) is 0 Å². The van der Waals surface area contributed by atoms with Crippen molar-refractivity contribution in [2.75, 3.05) is 0 Å². The van der Waals surface area contributed by atoms with Gasteiger partial charge in [0.25, 0.3) is 0 Å². The summed E-state index contributed by atoms with van der Waals surface area (Å²) in [5, 5.41) is 0. The van der Waals surface area contributed by atoms with E-state index in [1.54, 1.807) is 21.6 Å². The summed E-state index contributed by atoms with van der Waals surface area (Å²) in [5.74, 6) is 0. The van der Waals surface area contributed by atoms with Crippen LogP contribution >= 0.6 is 71.3 Å². The molecule has 54 valence electrons. The van der Waals surface area contributed by atoms with Crippen LogP contribution in [0.2, 0.25) is 0 Å². The van der Waals surface area contributed by atoms with Crippen LogP contribution in [0.25, 0.3) is 0 Å². The fraction of sp³-hybridized carbons (Fsp3) is 0. The molecule has 0 atom stereocenters. The molecule has 10 heavy (non-hydrogen) atoms. The van der Waals surface area contributed by atoms with Gasteiger partial charge < -0.3 is 0 Å². The third-order valence-corrected chi connectivity index (χ3v) is 5.45. The molecule has 0 unspecified atom stereocenters. The summed E-state index contributed by atoms with van der Waals surface area (Å²) >= 11 is 17.9. The molecule has 0 nitrogen and oxygen atoms in total. The van der Waals surface area contributed by atoms with Crippen molar-refractivity contribution in [1.82, 2.24) is 0 Å². The molecular formula is C4H2S6. The van der Waals surface area contributed by atoms with Crippen molar-refractivity contribution in [1.29, 1.82) is 0 Å². The van der Waals surface area contributed by atoms with E-state index in [0.717, 1.165) is 14.0 Å². The molecule has 0 aromatic rings. The Hall–Kier alpha value is 1.32. The van der Waals surface area contributed by atoms with E-state index in [4.69, 9.17) is 24.4 Å². The molecule has 0 aromatic heterocycles. The molecule has 0 saturated carbocycles. The molecule has 1 rings (SSSR count). The molecule has 1 aliphatic heterocycles. The molecule has 0 spiro atoms. The van der Waals surface area contributed by atoms with E-state index in [2.05, 4.69) is 25.3 Å². The molecule has 0 bridgehead atoms. The first-order valence-corrected chi connectivity index (χ1v) is 6.04. The van der Waals surface area contributed by atoms with Crippen LogP contribution in [0.4, 0.5) is 0 Å². The lowest BCUT2D eigenvalue weighted by Crippen LogP contribution is -2.02. The summed E-state index contributed by atoms with van der Waals surface area (Å²) in [6.07, 6.45) is 0. The normalized spacial score (nSPS) is 22.0. The average Bonchev–Trinajstić information content (AvgIpc) is 1.84. The van der Waals surface area contributed by atoms with E-state index in [1.165, 1.54) is 0 Å². The Kier molecular flexibility index (Phi) is 3.59. The van der Waals surface area contributed by atoms with Crippen LogP contribution in [0.5, 0.6) is 0 Å². The van der Waals surface area contributed by atoms with Gasteiger partial charge >= 0.3 is 0 Å². The Morgan fingerprint density at radius 3 is 2.00 bits per heavy atom. The quantitative estimate of drug-likeness (QED) is 0.314. The number of thiocarbonyl (C=S) groups is 2. The van der Waals surface area contributed by atoms with Crippen LogP contribution in [-0.2, 0) is 0 Å². The first kappa shape index (κ1) is 9.41. The Morgan fingerprint density at radius 1 is 1.30 bits per heavy atom. The van der Waals surface area contributed by atoms with E-state index in [1.807, 2.05) is 0 Å². The molecule has 1 fully saturated rings. The van der Waals surface area contributed by atoms with Crippen LogP contribution in [0.1, 0.15) is 0 Å². The van der Waals surface area contributed by atoms with E-state index in [-0.39, 0.29) is 0 Å². The largest absolute Gasteiger partial charge is 0.140 e. The summed E-state index contributed by atoms with van der Waals surface area (Å²) < 4.78 is 1.37. The molecule has 6 heteroatoms. The summed E-state index contributed by atoms with van der Waals surface area (Å²) in [6, 6.07) is 0. The van der Waals surface area contributed by atoms with Crippen molar-refractivity contribution >= 4 is 79.7 Å². The zero-order chi connectivity index (χ0) is 7.72. The van der Waals surface area contributed by atoms with Crippen molar-refractivity contribution in [3.8, 4) is 0 Å². The van der Waals surface area contributed by atoms with Gasteiger partial charge in [0.05, 0.1) is 13.3 Å². The highest BCUT2D eigenvalue weighted by Crippen LogP contribution is 2.49. The summed E-state index contributed by atoms with van der Waals surface area (Å²) in [6.45, 7) is 0. The Morgan fingerprint density at radius 2 is 1.90 bits per heavy atom. The van der Waals surface area contributed by atoms with Gasteiger partial charge in [0.1, 0.15) is 0 Å². The Bertz CT molecular complexity index is 216. The highest BCUT2D eigenvalue weighted by Gasteiger charge is 2.22. The first-order chi connectivity index (χ1) is 4.63. The van der Waals surface area contributed by atoms with Gasteiger partial charge in [-0.05, 0) is 21.6 Å². The zero-order valence-corrected chi connectivity index (χ0v) is 9.58. The van der Waals surface area contributed by atoms with Crippen molar-refractivity contribution in [2.45, 2.75) is 0 Å². The van der Waals surface area contributed by atoms with Gasteiger partial charge in [-0.3, -0.25) is 0 Å². The fourth-order valence-corrected chi connectivity index (χ4v) is 3.48. The third kappa shape index (κ3) is 1.92. The molecule has 0 amide bonds. The molecule has 1 aliphatic rings. The predicted molar refractivity (Wildman–Crippen MR) is 65.4 cm³/mol. The van der Waals surface area contributed by atoms with Crippen molar-refractivity contribution in [3.05, 3.63) is 9.81 Å². The van der Waals surface area contributed by atoms with Crippen molar-refractivity contribution in [2.24, 2.45) is 0 Å². The molecular weight excluding hydrogens is 240 g/mol. The molecule has 0 aliphatic carbocycles. The van der Waals surface area contributed by atoms with Gasteiger partial charge in [-0.25, -0.2) is 0 Å². The summed E-state index contributed by atoms with van der Waals surface area (Å²) in [4.78, 5) is 1.72. The van der Waals surface area contributed by atoms with Crippen LogP contribution in [0.15, 0.2) is 9.81 Å². The second-order valence-corrected chi connectivity index (χ2v) is 5.86. The van der Waals surface area contributed by atoms with Gasteiger partial charge in [0.15, 0.2) is 0 Å². The van der Waals surface area contributed by atoms with E-state index >= 15 is 0 Å². The van der Waals surface area contributed by atoms with Gasteiger partial charge in [-0.2, -0.15) is 0 Å². The minimum absolute atomic E-state index is 0.508. The highest BCUT2D eigenvalue weighted by atomic mass is 33.1. The van der Waals surface area contributed by atoms with Crippen LogP contribution in [0, 0.1) is 0 Å². The maximum atomic E-state index is 4.94. The van der Waals surface area contributed by atoms with Gasteiger partial charge in [-0.1, -0.05) is 24.4 Å². The molecule has 1 saturated heterocycles. The maximum absolute atomic E-state index is 4.94. The number of hydrogen-bond acceptors (Lipinski definition) is 5. The lowest BCUT2D eigenvalue weighted by molar-refractivity contribution is 2.21. The fourth-order valence-electron chi connectivity index (χ4n) is 0.351. The molecule has 0 aromatic carbocycles. The Labute approximate surface area is 88.8 Å². The summed E-state index contributed by atoms with van der Waals surface area (Å²) in [7, 11) is 3.15. The van der Waals surface area contributed by atoms with Crippen molar-refractivity contribution in [3.63, 3.8) is 0 Å². The van der Waals surface area contributed by atoms with Gasteiger partial charge in [-0.15, -0.1) is 25.3 Å². The maximum Gasteiger partial charge on any atom is 0.0972 e. The molecule has 0 N–H and O–H groups in total. The van der Waals surface area contributed by atoms with Crippen LogP contribution in [-0.4, -0.2) is 8.39 Å². The highest BCUT2D eigenvalue weighted by molar-refractivity contribution is 8.90. The monoisotopic (exact) mass is 242 g/mol. The van der Waals surface area contributed by atoms with E-state index < -0.39 is 0 Å². The van der Waals surface area contributed by atoms with Gasteiger partial charge in [0.2, 0.25) is 0 Å². The lowest BCUT2D eigenvalue weighted by atomic mass is 10.5. The SMILES string of the molecule is S=C(S)/C(S)=C1/SSC1=S. The third-order valence-electron chi connectivity index (χ3n) is 0.804. The lowest BCUT2D eigenvalue weighted by Gasteiger charge is -2.17. The minimum Gasteiger partial charge on any atom is -0.140 e. The second kappa shape index (κ2) is 3.82. The van der Waals surface area contributed by atoms with Crippen molar-refractivity contribution < 1.29 is 0 Å². The van der Waals surface area contributed by atoms with Gasteiger partial charge in [0, 0.05) is 4.91 Å². The average molecular weight is 242 g/mol. The molecule has 1 heterocycles. The first-order valence-electron chi connectivity index (χ1n) is 2.18. The molecule has 0 radical (unpaired) electrons. The zero-order valence-electron chi connectivity index (χ0n) is 4.53. The van der Waals surface area contributed by atoms with E-state index in [0.29, 0.717) is 4.20 Å². The number of rotatable bonds is 1. The minimum atomic E-state index is 0.508. The Balaban J connectivity index is 2.85. The topological polar surface area (TPSA) is 0 Å².